The zero-order chi connectivity index (χ0) is 13.5. The lowest BCUT2D eigenvalue weighted by Crippen LogP contribution is -2.23. The van der Waals surface area contributed by atoms with E-state index in [4.69, 9.17) is 14.6 Å². The number of halogens is 1. The van der Waals surface area contributed by atoms with Crippen LogP contribution in [0.25, 0.3) is 0 Å². The summed E-state index contributed by atoms with van der Waals surface area (Å²) < 4.78 is 11.6. The summed E-state index contributed by atoms with van der Waals surface area (Å²) in [6, 6.07) is 1.88. The third-order valence-corrected chi connectivity index (χ3v) is 4.13. The minimum absolute atomic E-state index is 0.0694. The quantitative estimate of drug-likeness (QED) is 0.930. The molecule has 98 valence electrons. The first-order valence-corrected chi connectivity index (χ1v) is 6.43. The van der Waals surface area contributed by atoms with E-state index in [0.29, 0.717) is 11.5 Å². The van der Waals surface area contributed by atoms with Gasteiger partial charge in [0.15, 0.2) is 11.5 Å². The van der Waals surface area contributed by atoms with Crippen LogP contribution in [0.5, 0.6) is 11.5 Å². The number of hydrogen-bond acceptors (Lipinski definition) is 3. The van der Waals surface area contributed by atoms with Crippen molar-refractivity contribution in [1.82, 2.24) is 0 Å². The third kappa shape index (κ3) is 2.19. The van der Waals surface area contributed by atoms with Crippen LogP contribution in [0.2, 0.25) is 0 Å². The second-order valence-electron chi connectivity index (χ2n) is 5.05. The molecule has 0 aromatic heterocycles. The highest BCUT2D eigenvalue weighted by atomic mass is 79.9. The molecule has 0 fully saturated rings. The molecule has 0 atom stereocenters. The fraction of sp³-hybridized carbons (Fsp3) is 0.462. The van der Waals surface area contributed by atoms with Crippen molar-refractivity contribution >= 4 is 21.9 Å². The zero-order valence-corrected chi connectivity index (χ0v) is 12.1. The maximum absolute atomic E-state index is 11.0. The Bertz CT molecular complexity index is 508. The van der Waals surface area contributed by atoms with Crippen molar-refractivity contribution in [2.75, 3.05) is 6.79 Å². The summed E-state index contributed by atoms with van der Waals surface area (Å²) in [4.78, 5) is 11.0. The number of benzene rings is 1. The fourth-order valence-corrected chi connectivity index (χ4v) is 2.79. The van der Waals surface area contributed by atoms with E-state index in [1.54, 1.807) is 0 Å². The van der Waals surface area contributed by atoms with Crippen molar-refractivity contribution in [2.45, 2.75) is 32.6 Å². The Morgan fingerprint density at radius 1 is 1.50 bits per heavy atom. The first kappa shape index (κ1) is 13.2. The van der Waals surface area contributed by atoms with Crippen LogP contribution in [0.1, 0.15) is 31.4 Å². The van der Waals surface area contributed by atoms with Gasteiger partial charge < -0.3 is 14.6 Å². The van der Waals surface area contributed by atoms with E-state index in [9.17, 15) is 4.79 Å². The van der Waals surface area contributed by atoms with Gasteiger partial charge in [-0.15, -0.1) is 0 Å². The van der Waals surface area contributed by atoms with Gasteiger partial charge >= 0.3 is 5.97 Å². The molecule has 0 aliphatic carbocycles. The number of carbonyl (C=O) groups is 1. The monoisotopic (exact) mass is 314 g/mol. The Labute approximate surface area is 114 Å². The van der Waals surface area contributed by atoms with Crippen molar-refractivity contribution in [3.05, 3.63) is 21.7 Å². The molecule has 1 aliphatic rings. The Kier molecular flexibility index (Phi) is 3.27. The van der Waals surface area contributed by atoms with Gasteiger partial charge in [-0.25, -0.2) is 0 Å². The summed E-state index contributed by atoms with van der Waals surface area (Å²) in [5, 5.41) is 9.00. The maximum Gasteiger partial charge on any atom is 0.304 e. The first-order valence-electron chi connectivity index (χ1n) is 5.64. The Morgan fingerprint density at radius 3 is 2.78 bits per heavy atom. The molecule has 1 N–H and O–H groups in total. The maximum atomic E-state index is 11.0. The smallest absolute Gasteiger partial charge is 0.304 e. The predicted molar refractivity (Wildman–Crippen MR) is 70.3 cm³/mol. The van der Waals surface area contributed by atoms with E-state index in [-0.39, 0.29) is 13.2 Å². The van der Waals surface area contributed by atoms with Crippen LogP contribution in [-0.4, -0.2) is 17.9 Å². The summed E-state index contributed by atoms with van der Waals surface area (Å²) in [6.45, 7) is 5.98. The number of fused-ring (bicyclic) bond motifs is 1. The van der Waals surface area contributed by atoms with Crippen LogP contribution in [0.3, 0.4) is 0 Å². The molecule has 0 amide bonds. The summed E-state index contributed by atoms with van der Waals surface area (Å²) in [5.74, 6) is 0.552. The van der Waals surface area contributed by atoms with Gasteiger partial charge in [0.25, 0.3) is 0 Å². The normalized spacial score (nSPS) is 13.8. The molecular weight excluding hydrogens is 300 g/mol. The van der Waals surface area contributed by atoms with E-state index in [1.165, 1.54) is 0 Å². The molecule has 18 heavy (non-hydrogen) atoms. The minimum Gasteiger partial charge on any atom is -0.481 e. The molecule has 0 saturated carbocycles. The second-order valence-corrected chi connectivity index (χ2v) is 5.84. The van der Waals surface area contributed by atoms with E-state index >= 15 is 0 Å². The largest absolute Gasteiger partial charge is 0.481 e. The Hall–Kier alpha value is -1.23. The molecule has 4 nitrogen and oxygen atoms in total. The van der Waals surface area contributed by atoms with Gasteiger partial charge in [0, 0.05) is 5.41 Å². The number of rotatable bonds is 3. The van der Waals surface area contributed by atoms with Crippen LogP contribution in [0, 0.1) is 6.92 Å². The highest BCUT2D eigenvalue weighted by molar-refractivity contribution is 9.10. The van der Waals surface area contributed by atoms with Gasteiger partial charge in [0.05, 0.1) is 10.9 Å². The topological polar surface area (TPSA) is 55.8 Å². The molecule has 1 aliphatic heterocycles. The predicted octanol–water partition coefficient (Wildman–Crippen LogP) is 3.24. The summed E-state index contributed by atoms with van der Waals surface area (Å²) in [7, 11) is 0. The Balaban J connectivity index is 2.52. The first-order chi connectivity index (χ1) is 8.33. The van der Waals surface area contributed by atoms with Crippen molar-refractivity contribution in [1.29, 1.82) is 0 Å². The molecule has 0 radical (unpaired) electrons. The minimum atomic E-state index is -0.812. The molecule has 5 heteroatoms. The fourth-order valence-electron chi connectivity index (χ4n) is 2.27. The molecule has 0 spiro atoms. The van der Waals surface area contributed by atoms with Crippen molar-refractivity contribution in [3.8, 4) is 11.5 Å². The van der Waals surface area contributed by atoms with E-state index in [2.05, 4.69) is 15.9 Å². The number of aliphatic carboxylic acids is 1. The molecular formula is C13H15BrO4. The van der Waals surface area contributed by atoms with Crippen molar-refractivity contribution in [2.24, 2.45) is 0 Å². The van der Waals surface area contributed by atoms with Gasteiger partial charge in [-0.3, -0.25) is 4.79 Å². The number of carboxylic acid groups (broad SMARTS) is 1. The van der Waals surface area contributed by atoms with E-state index in [0.717, 1.165) is 15.6 Å². The standard InChI is InChI=1S/C13H15BrO4/c1-7-8(13(2,3)5-10(15)16)4-9-12(11(7)14)18-6-17-9/h4H,5-6H2,1-3H3,(H,15,16). The molecule has 0 saturated heterocycles. The van der Waals surface area contributed by atoms with Gasteiger partial charge in [-0.2, -0.15) is 0 Å². The summed E-state index contributed by atoms with van der Waals surface area (Å²) in [6.07, 6.45) is 0.0694. The molecule has 1 heterocycles. The van der Waals surface area contributed by atoms with Crippen molar-refractivity contribution in [3.63, 3.8) is 0 Å². The van der Waals surface area contributed by atoms with Gasteiger partial charge in [-0.05, 0) is 40.0 Å². The summed E-state index contributed by atoms with van der Waals surface area (Å²) >= 11 is 3.49. The van der Waals surface area contributed by atoms with Crippen LogP contribution < -0.4 is 9.47 Å². The van der Waals surface area contributed by atoms with E-state index < -0.39 is 11.4 Å². The van der Waals surface area contributed by atoms with Gasteiger partial charge in [0.1, 0.15) is 0 Å². The highest BCUT2D eigenvalue weighted by Crippen LogP contribution is 2.46. The lowest BCUT2D eigenvalue weighted by molar-refractivity contribution is -0.138. The van der Waals surface area contributed by atoms with Crippen LogP contribution in [0.15, 0.2) is 10.5 Å². The lowest BCUT2D eigenvalue weighted by atomic mass is 9.79. The second kappa shape index (κ2) is 4.46. The molecule has 2 rings (SSSR count). The Morgan fingerprint density at radius 2 is 2.17 bits per heavy atom. The zero-order valence-electron chi connectivity index (χ0n) is 10.5. The van der Waals surface area contributed by atoms with E-state index in [1.807, 2.05) is 26.8 Å². The lowest BCUT2D eigenvalue weighted by Gasteiger charge is -2.26. The molecule has 0 unspecified atom stereocenters. The highest BCUT2D eigenvalue weighted by Gasteiger charge is 2.30. The third-order valence-electron chi connectivity index (χ3n) is 3.17. The molecule has 1 aromatic carbocycles. The van der Waals surface area contributed by atoms with Crippen LogP contribution in [0.4, 0.5) is 0 Å². The molecule has 1 aromatic rings. The van der Waals surface area contributed by atoms with Crippen molar-refractivity contribution < 1.29 is 19.4 Å². The van der Waals surface area contributed by atoms with Gasteiger partial charge in [-0.1, -0.05) is 13.8 Å². The average molecular weight is 315 g/mol. The SMILES string of the molecule is Cc1c(C(C)(C)CC(=O)O)cc2c(c1Br)OCO2. The van der Waals surface area contributed by atoms with Crippen LogP contribution >= 0.6 is 15.9 Å². The molecule has 0 bridgehead atoms. The number of carboxylic acids is 1. The van der Waals surface area contributed by atoms with Gasteiger partial charge in [0.2, 0.25) is 6.79 Å². The average Bonchev–Trinajstić information content (AvgIpc) is 2.69. The summed E-state index contributed by atoms with van der Waals surface area (Å²) in [5.41, 5.74) is 1.49. The van der Waals surface area contributed by atoms with Crippen LogP contribution in [-0.2, 0) is 10.2 Å². The number of hydrogen-bond donors (Lipinski definition) is 1. The number of ether oxygens (including phenoxy) is 2.